The smallest absolute Gasteiger partial charge is 0.123 e. The summed E-state index contributed by atoms with van der Waals surface area (Å²) in [6, 6.07) is 6.75. The zero-order valence-electron chi connectivity index (χ0n) is 11.1. The molecule has 0 aliphatic heterocycles. The van der Waals surface area contributed by atoms with E-state index in [-0.39, 0.29) is 11.2 Å². The van der Waals surface area contributed by atoms with Gasteiger partial charge in [-0.2, -0.15) is 0 Å². The summed E-state index contributed by atoms with van der Waals surface area (Å²) >= 11 is 0. The molecule has 0 radical (unpaired) electrons. The number of nitrogens with zero attached hydrogens (tertiary/aromatic N) is 1. The molecule has 2 aromatic rings. The van der Waals surface area contributed by atoms with Crippen LogP contribution in [-0.4, -0.2) is 11.5 Å². The Morgan fingerprint density at radius 3 is 2.67 bits per heavy atom. The van der Waals surface area contributed by atoms with Gasteiger partial charge >= 0.3 is 0 Å². The van der Waals surface area contributed by atoms with Crippen LogP contribution < -0.4 is 5.73 Å². The van der Waals surface area contributed by atoms with E-state index >= 15 is 0 Å². The predicted molar refractivity (Wildman–Crippen MR) is 73.0 cm³/mol. The van der Waals surface area contributed by atoms with E-state index in [1.54, 1.807) is 6.07 Å². The molecule has 2 rings (SSSR count). The molecule has 2 nitrogen and oxygen atoms in total. The molecule has 1 aromatic carbocycles. The number of fused-ring (bicyclic) bond motifs is 1. The van der Waals surface area contributed by atoms with E-state index in [2.05, 4.69) is 18.8 Å². The largest absolute Gasteiger partial charge is 0.330 e. The second kappa shape index (κ2) is 4.65. The van der Waals surface area contributed by atoms with Crippen LogP contribution in [0.3, 0.4) is 0 Å². The van der Waals surface area contributed by atoms with Crippen LogP contribution in [0.25, 0.3) is 10.9 Å². The van der Waals surface area contributed by atoms with Gasteiger partial charge in [-0.15, -0.1) is 0 Å². The minimum Gasteiger partial charge on any atom is -0.330 e. The van der Waals surface area contributed by atoms with Crippen LogP contribution in [0.1, 0.15) is 25.1 Å². The molecule has 18 heavy (non-hydrogen) atoms. The fourth-order valence-electron chi connectivity index (χ4n) is 2.09. The molecule has 3 heteroatoms. The Hall–Kier alpha value is -1.48. The minimum absolute atomic E-state index is 0.0349. The molecule has 0 amide bonds. The summed E-state index contributed by atoms with van der Waals surface area (Å²) in [4.78, 5) is 4.59. The molecule has 96 valence electrons. The molecule has 0 aliphatic rings. The third-order valence-electron chi connectivity index (χ3n) is 3.24. The molecule has 0 unspecified atom stereocenters. The highest BCUT2D eigenvalue weighted by Crippen LogP contribution is 2.24. The molecule has 0 aliphatic carbocycles. The predicted octanol–water partition coefficient (Wildman–Crippen LogP) is 3.21. The number of aromatic nitrogens is 1. The first-order valence-electron chi connectivity index (χ1n) is 6.17. The zero-order valence-corrected chi connectivity index (χ0v) is 11.1. The molecule has 0 saturated heterocycles. The first-order chi connectivity index (χ1) is 8.41. The van der Waals surface area contributed by atoms with Crippen LogP contribution in [0.2, 0.25) is 0 Å². The Morgan fingerprint density at radius 2 is 2.00 bits per heavy atom. The van der Waals surface area contributed by atoms with Crippen LogP contribution >= 0.6 is 0 Å². The Kier molecular flexibility index (Phi) is 3.35. The van der Waals surface area contributed by atoms with E-state index in [9.17, 15) is 4.39 Å². The van der Waals surface area contributed by atoms with Crippen molar-refractivity contribution in [3.8, 4) is 0 Å². The van der Waals surface area contributed by atoms with Gasteiger partial charge in [-0.1, -0.05) is 13.8 Å². The summed E-state index contributed by atoms with van der Waals surface area (Å²) in [5, 5.41) is 0.879. The van der Waals surface area contributed by atoms with Crippen molar-refractivity contribution in [3.63, 3.8) is 0 Å². The third-order valence-corrected chi connectivity index (χ3v) is 3.24. The van der Waals surface area contributed by atoms with Gasteiger partial charge in [0.05, 0.1) is 5.52 Å². The Bertz CT molecular complexity index is 576. The Labute approximate surface area is 107 Å². The Balaban J connectivity index is 2.46. The zero-order chi connectivity index (χ0) is 13.3. The molecule has 0 fully saturated rings. The van der Waals surface area contributed by atoms with E-state index < -0.39 is 0 Å². The normalized spacial score (nSPS) is 12.1. The molecule has 0 spiro atoms. The summed E-state index contributed by atoms with van der Waals surface area (Å²) in [5.41, 5.74) is 8.70. The van der Waals surface area contributed by atoms with E-state index in [1.807, 2.05) is 13.0 Å². The van der Waals surface area contributed by atoms with Gasteiger partial charge in [0.1, 0.15) is 5.82 Å². The number of hydrogen-bond acceptors (Lipinski definition) is 2. The topological polar surface area (TPSA) is 38.9 Å². The average molecular weight is 246 g/mol. The highest BCUT2D eigenvalue weighted by Gasteiger charge is 2.17. The van der Waals surface area contributed by atoms with Gasteiger partial charge in [0.15, 0.2) is 0 Å². The molecule has 0 bridgehead atoms. The van der Waals surface area contributed by atoms with Gasteiger partial charge in [-0.05, 0) is 55.1 Å². The van der Waals surface area contributed by atoms with Gasteiger partial charge in [0, 0.05) is 11.1 Å². The first kappa shape index (κ1) is 13.0. The average Bonchev–Trinajstić information content (AvgIpc) is 2.30. The van der Waals surface area contributed by atoms with Crippen LogP contribution in [-0.2, 0) is 6.42 Å². The summed E-state index contributed by atoms with van der Waals surface area (Å²) in [5.74, 6) is -0.220. The number of aryl methyl sites for hydroxylation is 1. The molecule has 1 heterocycles. The van der Waals surface area contributed by atoms with Crippen molar-refractivity contribution >= 4 is 10.9 Å². The quantitative estimate of drug-likeness (QED) is 0.903. The van der Waals surface area contributed by atoms with Crippen molar-refractivity contribution in [3.05, 3.63) is 41.3 Å². The lowest BCUT2D eigenvalue weighted by atomic mass is 9.87. The maximum Gasteiger partial charge on any atom is 0.123 e. The number of pyridine rings is 1. The SMILES string of the molecule is Cc1cc(CC(C)(C)CN)nc2ccc(F)cc12. The minimum atomic E-state index is -0.220. The van der Waals surface area contributed by atoms with Crippen molar-refractivity contribution in [2.45, 2.75) is 27.2 Å². The lowest BCUT2D eigenvalue weighted by molar-refractivity contribution is 0.373. The molecular weight excluding hydrogens is 227 g/mol. The highest BCUT2D eigenvalue weighted by atomic mass is 19.1. The maximum absolute atomic E-state index is 13.2. The van der Waals surface area contributed by atoms with Crippen LogP contribution in [0.4, 0.5) is 4.39 Å². The molecule has 2 N–H and O–H groups in total. The highest BCUT2D eigenvalue weighted by molar-refractivity contribution is 5.82. The molecule has 0 atom stereocenters. The maximum atomic E-state index is 13.2. The fourth-order valence-corrected chi connectivity index (χ4v) is 2.09. The Morgan fingerprint density at radius 1 is 1.28 bits per heavy atom. The monoisotopic (exact) mass is 246 g/mol. The number of rotatable bonds is 3. The number of benzene rings is 1. The van der Waals surface area contributed by atoms with Crippen LogP contribution in [0.5, 0.6) is 0 Å². The van der Waals surface area contributed by atoms with Gasteiger partial charge in [-0.3, -0.25) is 4.98 Å². The molecular formula is C15H19FN2. The van der Waals surface area contributed by atoms with Crippen molar-refractivity contribution < 1.29 is 4.39 Å². The summed E-state index contributed by atoms with van der Waals surface area (Å²) < 4.78 is 13.2. The van der Waals surface area contributed by atoms with E-state index in [1.165, 1.54) is 12.1 Å². The molecule has 0 saturated carbocycles. The fraction of sp³-hybridized carbons (Fsp3) is 0.400. The van der Waals surface area contributed by atoms with Crippen LogP contribution in [0.15, 0.2) is 24.3 Å². The molecule has 1 aromatic heterocycles. The number of nitrogens with two attached hydrogens (primary N) is 1. The first-order valence-corrected chi connectivity index (χ1v) is 6.17. The van der Waals surface area contributed by atoms with Crippen molar-refractivity contribution in [1.82, 2.24) is 4.98 Å². The van der Waals surface area contributed by atoms with Crippen LogP contribution in [0, 0.1) is 18.2 Å². The van der Waals surface area contributed by atoms with Gasteiger partial charge in [0.25, 0.3) is 0 Å². The van der Waals surface area contributed by atoms with Gasteiger partial charge in [0.2, 0.25) is 0 Å². The van der Waals surface area contributed by atoms with Gasteiger partial charge < -0.3 is 5.73 Å². The van der Waals surface area contributed by atoms with Crippen molar-refractivity contribution in [2.75, 3.05) is 6.54 Å². The second-order valence-corrected chi connectivity index (χ2v) is 5.64. The van der Waals surface area contributed by atoms with E-state index in [0.29, 0.717) is 6.54 Å². The van der Waals surface area contributed by atoms with Crippen molar-refractivity contribution in [1.29, 1.82) is 0 Å². The van der Waals surface area contributed by atoms with E-state index in [0.717, 1.165) is 28.6 Å². The van der Waals surface area contributed by atoms with Crippen molar-refractivity contribution in [2.24, 2.45) is 11.1 Å². The lowest BCUT2D eigenvalue weighted by Crippen LogP contribution is -2.26. The number of halogens is 1. The summed E-state index contributed by atoms with van der Waals surface area (Å²) in [7, 11) is 0. The number of hydrogen-bond donors (Lipinski definition) is 1. The summed E-state index contributed by atoms with van der Waals surface area (Å²) in [6.07, 6.45) is 0.831. The van der Waals surface area contributed by atoms with Gasteiger partial charge in [-0.25, -0.2) is 4.39 Å². The lowest BCUT2D eigenvalue weighted by Gasteiger charge is -2.22. The third kappa shape index (κ3) is 2.67. The van der Waals surface area contributed by atoms with E-state index in [4.69, 9.17) is 5.73 Å². The second-order valence-electron chi connectivity index (χ2n) is 5.64. The summed E-state index contributed by atoms with van der Waals surface area (Å²) in [6.45, 7) is 6.86. The standard InChI is InChI=1S/C15H19FN2/c1-10-6-12(8-15(2,3)9-17)18-14-5-4-11(16)7-13(10)14/h4-7H,8-9,17H2,1-3H3.